The monoisotopic (exact) mass is 472 g/mol. The number of nitrogens with zero attached hydrogens (tertiary/aromatic N) is 4. The lowest BCUT2D eigenvalue weighted by molar-refractivity contribution is -0.137. The van der Waals surface area contributed by atoms with Gasteiger partial charge < -0.3 is 14.1 Å². The van der Waals surface area contributed by atoms with Crippen molar-refractivity contribution < 1.29 is 27.1 Å². The van der Waals surface area contributed by atoms with E-state index in [4.69, 9.17) is 9.15 Å². The summed E-state index contributed by atoms with van der Waals surface area (Å²) in [6.07, 6.45) is -2.04. The second-order valence-electron chi connectivity index (χ2n) is 8.56. The van der Waals surface area contributed by atoms with E-state index < -0.39 is 17.6 Å². The Morgan fingerprint density at radius 3 is 2.32 bits per heavy atom. The summed E-state index contributed by atoms with van der Waals surface area (Å²) in [5.41, 5.74) is 0.775. The molecule has 7 nitrogen and oxygen atoms in total. The van der Waals surface area contributed by atoms with Gasteiger partial charge in [0.2, 0.25) is 5.89 Å². The van der Waals surface area contributed by atoms with Gasteiger partial charge in [-0.15, -0.1) is 10.2 Å². The van der Waals surface area contributed by atoms with Crippen molar-refractivity contribution in [1.29, 1.82) is 0 Å². The van der Waals surface area contributed by atoms with E-state index in [0.717, 1.165) is 37.5 Å². The molecule has 0 saturated carbocycles. The molecular weight excluding hydrogens is 449 g/mol. The molecule has 2 saturated heterocycles. The van der Waals surface area contributed by atoms with E-state index in [1.807, 2.05) is 12.1 Å². The molecule has 0 atom stereocenters. The fourth-order valence-corrected chi connectivity index (χ4v) is 4.11. The van der Waals surface area contributed by atoms with Crippen LogP contribution in [-0.2, 0) is 12.7 Å². The molecule has 178 valence electrons. The standard InChI is InChI=1S/C24H23F3N4O3/c25-24(26,27)18-7-5-17(6-8-18)21-28-29-22(34-21)23(32)31-14-20(15-31)33-19-9-3-16(4-10-19)13-30-11-1-2-12-30/h3-10,20H,1-2,11-15H2. The van der Waals surface area contributed by atoms with Crippen LogP contribution in [-0.4, -0.2) is 58.2 Å². The first-order chi connectivity index (χ1) is 16.3. The zero-order valence-corrected chi connectivity index (χ0v) is 18.3. The number of amides is 1. The highest BCUT2D eigenvalue weighted by molar-refractivity contribution is 5.90. The quantitative estimate of drug-likeness (QED) is 0.534. The summed E-state index contributed by atoms with van der Waals surface area (Å²) in [5.74, 6) is 0.0927. The van der Waals surface area contributed by atoms with Gasteiger partial charge in [-0.2, -0.15) is 13.2 Å². The Bertz CT molecular complexity index is 1130. The number of aromatic nitrogens is 2. The van der Waals surface area contributed by atoms with Crippen molar-refractivity contribution in [1.82, 2.24) is 20.0 Å². The van der Waals surface area contributed by atoms with E-state index in [-0.39, 0.29) is 17.9 Å². The van der Waals surface area contributed by atoms with Crippen LogP contribution in [0.1, 0.15) is 34.7 Å². The van der Waals surface area contributed by atoms with Gasteiger partial charge in [0.15, 0.2) is 0 Å². The Morgan fingerprint density at radius 1 is 1.00 bits per heavy atom. The topological polar surface area (TPSA) is 71.7 Å². The zero-order chi connectivity index (χ0) is 23.7. The third kappa shape index (κ3) is 4.91. The van der Waals surface area contributed by atoms with E-state index in [2.05, 4.69) is 27.2 Å². The molecular formula is C24H23F3N4O3. The summed E-state index contributed by atoms with van der Waals surface area (Å²) in [5, 5.41) is 7.54. The predicted molar refractivity (Wildman–Crippen MR) is 116 cm³/mol. The second kappa shape index (κ2) is 9.09. The molecule has 2 aliphatic heterocycles. The van der Waals surface area contributed by atoms with E-state index >= 15 is 0 Å². The summed E-state index contributed by atoms with van der Waals surface area (Å²) in [4.78, 5) is 16.5. The SMILES string of the molecule is O=C(c1nnc(-c2ccc(C(F)(F)F)cc2)o1)N1CC(Oc2ccc(CN3CCCC3)cc2)C1. The molecule has 3 aromatic rings. The van der Waals surface area contributed by atoms with Crippen molar-refractivity contribution in [2.75, 3.05) is 26.2 Å². The maximum Gasteiger partial charge on any atom is 0.416 e. The Hall–Kier alpha value is -3.40. The first kappa shape index (κ1) is 22.4. The van der Waals surface area contributed by atoms with Gasteiger partial charge in [-0.3, -0.25) is 9.69 Å². The molecule has 3 heterocycles. The Labute approximate surface area is 194 Å². The number of benzene rings is 2. The van der Waals surface area contributed by atoms with E-state index in [1.165, 1.54) is 35.4 Å². The van der Waals surface area contributed by atoms with Crippen LogP contribution >= 0.6 is 0 Å². The lowest BCUT2D eigenvalue weighted by Crippen LogP contribution is -2.56. The molecule has 0 spiro atoms. The second-order valence-corrected chi connectivity index (χ2v) is 8.56. The smallest absolute Gasteiger partial charge is 0.416 e. The van der Waals surface area contributed by atoms with Crippen LogP contribution in [0.2, 0.25) is 0 Å². The van der Waals surface area contributed by atoms with Crippen LogP contribution in [0, 0.1) is 0 Å². The van der Waals surface area contributed by atoms with Crippen molar-refractivity contribution >= 4 is 5.91 Å². The van der Waals surface area contributed by atoms with Gasteiger partial charge in [0.25, 0.3) is 0 Å². The maximum absolute atomic E-state index is 12.7. The maximum atomic E-state index is 12.7. The zero-order valence-electron chi connectivity index (χ0n) is 18.3. The summed E-state index contributed by atoms with van der Waals surface area (Å²) < 4.78 is 49.5. The highest BCUT2D eigenvalue weighted by atomic mass is 19.4. The molecule has 2 aliphatic rings. The molecule has 0 radical (unpaired) electrons. The number of hydrogen-bond donors (Lipinski definition) is 0. The van der Waals surface area contributed by atoms with Gasteiger partial charge in [0.05, 0.1) is 18.7 Å². The Balaban J connectivity index is 1.12. The molecule has 0 bridgehead atoms. The van der Waals surface area contributed by atoms with Crippen molar-refractivity contribution in [3.05, 3.63) is 65.5 Å². The molecule has 0 aliphatic carbocycles. The fourth-order valence-electron chi connectivity index (χ4n) is 4.11. The fraction of sp³-hybridized carbons (Fsp3) is 0.375. The average molecular weight is 472 g/mol. The summed E-state index contributed by atoms with van der Waals surface area (Å²) >= 11 is 0. The molecule has 5 rings (SSSR count). The Morgan fingerprint density at radius 2 is 1.68 bits per heavy atom. The van der Waals surface area contributed by atoms with Crippen LogP contribution in [0.4, 0.5) is 13.2 Å². The number of carbonyl (C=O) groups excluding carboxylic acids is 1. The summed E-state index contributed by atoms with van der Waals surface area (Å²) in [7, 11) is 0. The predicted octanol–water partition coefficient (Wildman–Crippen LogP) is 4.25. The molecule has 10 heteroatoms. The molecule has 0 unspecified atom stereocenters. The molecule has 1 aromatic heterocycles. The van der Waals surface area contributed by atoms with E-state index in [1.54, 1.807) is 0 Å². The minimum Gasteiger partial charge on any atom is -0.487 e. The number of ether oxygens (including phenoxy) is 1. The number of carbonyl (C=O) groups is 1. The molecule has 2 fully saturated rings. The van der Waals surface area contributed by atoms with Gasteiger partial charge >= 0.3 is 18.0 Å². The molecule has 34 heavy (non-hydrogen) atoms. The first-order valence-electron chi connectivity index (χ1n) is 11.1. The van der Waals surface area contributed by atoms with Crippen molar-refractivity contribution in [3.8, 4) is 17.2 Å². The number of halogens is 3. The van der Waals surface area contributed by atoms with Crippen molar-refractivity contribution in [2.24, 2.45) is 0 Å². The number of likely N-dealkylation sites (tertiary alicyclic amines) is 2. The summed E-state index contributed by atoms with van der Waals surface area (Å²) in [6.45, 7) is 4.01. The molecule has 0 N–H and O–H groups in total. The highest BCUT2D eigenvalue weighted by Gasteiger charge is 2.35. The van der Waals surface area contributed by atoms with Gasteiger partial charge in [-0.1, -0.05) is 12.1 Å². The highest BCUT2D eigenvalue weighted by Crippen LogP contribution is 2.31. The first-order valence-corrected chi connectivity index (χ1v) is 11.1. The van der Waals surface area contributed by atoms with E-state index in [9.17, 15) is 18.0 Å². The number of rotatable bonds is 6. The molecule has 1 amide bonds. The van der Waals surface area contributed by atoms with Crippen LogP contribution in [0.15, 0.2) is 52.9 Å². The van der Waals surface area contributed by atoms with Crippen LogP contribution in [0.5, 0.6) is 5.75 Å². The van der Waals surface area contributed by atoms with Crippen molar-refractivity contribution in [3.63, 3.8) is 0 Å². The average Bonchev–Trinajstić information content (AvgIpc) is 3.49. The minimum absolute atomic E-state index is 0.0144. The Kier molecular flexibility index (Phi) is 5.99. The van der Waals surface area contributed by atoms with Crippen LogP contribution < -0.4 is 4.74 Å². The number of alkyl halides is 3. The third-order valence-corrected chi connectivity index (χ3v) is 6.03. The normalized spacial score (nSPS) is 17.1. The lowest BCUT2D eigenvalue weighted by atomic mass is 10.1. The largest absolute Gasteiger partial charge is 0.487 e. The van der Waals surface area contributed by atoms with E-state index in [0.29, 0.717) is 18.7 Å². The van der Waals surface area contributed by atoms with Gasteiger partial charge in [0.1, 0.15) is 11.9 Å². The third-order valence-electron chi connectivity index (χ3n) is 6.03. The minimum atomic E-state index is -4.43. The van der Waals surface area contributed by atoms with Crippen molar-refractivity contribution in [2.45, 2.75) is 31.7 Å². The summed E-state index contributed by atoms with van der Waals surface area (Å²) in [6, 6.07) is 12.3. The number of hydrogen-bond acceptors (Lipinski definition) is 6. The van der Waals surface area contributed by atoms with Crippen LogP contribution in [0.3, 0.4) is 0 Å². The molecule has 2 aromatic carbocycles. The van der Waals surface area contributed by atoms with Crippen LogP contribution in [0.25, 0.3) is 11.5 Å². The van der Waals surface area contributed by atoms with Gasteiger partial charge in [0, 0.05) is 12.1 Å². The van der Waals surface area contributed by atoms with Gasteiger partial charge in [-0.05, 0) is 67.9 Å². The lowest BCUT2D eigenvalue weighted by Gasteiger charge is -2.38. The van der Waals surface area contributed by atoms with Gasteiger partial charge in [-0.25, -0.2) is 0 Å².